The summed E-state index contributed by atoms with van der Waals surface area (Å²) in [6.07, 6.45) is 0. The van der Waals surface area contributed by atoms with Crippen molar-refractivity contribution in [2.75, 3.05) is 17.2 Å². The van der Waals surface area contributed by atoms with Crippen LogP contribution in [0.25, 0.3) is 0 Å². The Morgan fingerprint density at radius 3 is 2.42 bits per heavy atom. The fourth-order valence-electron chi connectivity index (χ4n) is 4.56. The van der Waals surface area contributed by atoms with Crippen LogP contribution in [-0.4, -0.2) is 29.0 Å². The van der Waals surface area contributed by atoms with Crippen LogP contribution in [0, 0.1) is 25.5 Å². The predicted octanol–water partition coefficient (Wildman–Crippen LogP) is 5.17. The predicted molar refractivity (Wildman–Crippen MR) is 125 cm³/mol. The Morgan fingerprint density at radius 2 is 1.70 bits per heavy atom. The van der Waals surface area contributed by atoms with Gasteiger partial charge in [-0.25, -0.2) is 8.78 Å². The molecule has 33 heavy (non-hydrogen) atoms. The van der Waals surface area contributed by atoms with Gasteiger partial charge in [-0.2, -0.15) is 0 Å². The summed E-state index contributed by atoms with van der Waals surface area (Å²) in [5.41, 5.74) is 4.48. The van der Waals surface area contributed by atoms with Gasteiger partial charge in [0.2, 0.25) is 0 Å². The molecule has 3 aromatic rings. The standard InChI is InChI=1S/C26H22F2N2O2S/c1-16-3-7-19(8-4-16)24(31)30-11-12-33-26(30)20-13-17(2)5-10-23(20)29(25(26)32)15-18-6-9-21(27)22(28)14-18/h3-10,13-14H,11-12,15H2,1-2H3/t26-/m0/s1. The van der Waals surface area contributed by atoms with Gasteiger partial charge < -0.3 is 9.80 Å². The van der Waals surface area contributed by atoms with Gasteiger partial charge in [0.15, 0.2) is 16.5 Å². The summed E-state index contributed by atoms with van der Waals surface area (Å²) >= 11 is 1.45. The number of benzene rings is 3. The molecule has 0 aliphatic carbocycles. The van der Waals surface area contributed by atoms with Gasteiger partial charge in [-0.3, -0.25) is 9.59 Å². The molecule has 7 heteroatoms. The number of hydrogen-bond donors (Lipinski definition) is 0. The second-order valence-electron chi connectivity index (χ2n) is 8.48. The number of anilines is 1. The van der Waals surface area contributed by atoms with Crippen molar-refractivity contribution >= 4 is 29.3 Å². The van der Waals surface area contributed by atoms with Crippen molar-refractivity contribution in [2.45, 2.75) is 25.3 Å². The van der Waals surface area contributed by atoms with Gasteiger partial charge in [0, 0.05) is 23.4 Å². The highest BCUT2D eigenvalue weighted by molar-refractivity contribution is 8.01. The van der Waals surface area contributed by atoms with Gasteiger partial charge in [-0.05, 0) is 49.7 Å². The Bertz CT molecular complexity index is 1280. The zero-order valence-electron chi connectivity index (χ0n) is 18.3. The topological polar surface area (TPSA) is 40.6 Å². The van der Waals surface area contributed by atoms with Crippen LogP contribution in [0.3, 0.4) is 0 Å². The third kappa shape index (κ3) is 3.42. The van der Waals surface area contributed by atoms with Gasteiger partial charge in [-0.1, -0.05) is 41.5 Å². The lowest BCUT2D eigenvalue weighted by Gasteiger charge is -2.33. The molecule has 0 aromatic heterocycles. The van der Waals surface area contributed by atoms with Gasteiger partial charge in [0.1, 0.15) is 0 Å². The maximum absolute atomic E-state index is 14.0. The van der Waals surface area contributed by atoms with E-state index in [1.807, 2.05) is 44.2 Å². The SMILES string of the molecule is Cc1ccc(C(=O)N2CCS[C@@]23C(=O)N(Cc2ccc(F)c(F)c2)c2ccc(C)cc23)cc1. The number of hydrogen-bond acceptors (Lipinski definition) is 3. The summed E-state index contributed by atoms with van der Waals surface area (Å²) in [7, 11) is 0. The van der Waals surface area contributed by atoms with E-state index in [0.717, 1.165) is 28.8 Å². The van der Waals surface area contributed by atoms with Crippen LogP contribution in [0.1, 0.15) is 32.6 Å². The first-order valence-electron chi connectivity index (χ1n) is 10.7. The number of amides is 2. The van der Waals surface area contributed by atoms with Crippen LogP contribution < -0.4 is 4.90 Å². The summed E-state index contributed by atoms with van der Waals surface area (Å²) in [6, 6.07) is 16.7. The van der Waals surface area contributed by atoms with Crippen LogP contribution in [0.15, 0.2) is 60.7 Å². The molecule has 1 saturated heterocycles. The maximum atomic E-state index is 14.0. The van der Waals surface area contributed by atoms with E-state index in [2.05, 4.69) is 0 Å². The van der Waals surface area contributed by atoms with Crippen LogP contribution >= 0.6 is 11.8 Å². The van der Waals surface area contributed by atoms with Crippen molar-refractivity contribution in [2.24, 2.45) is 0 Å². The first kappa shape index (κ1) is 21.6. The molecule has 1 fully saturated rings. The summed E-state index contributed by atoms with van der Waals surface area (Å²) in [5, 5.41) is 0. The highest BCUT2D eigenvalue weighted by Crippen LogP contribution is 2.55. The number of fused-ring (bicyclic) bond motifs is 2. The van der Waals surface area contributed by atoms with Crippen molar-refractivity contribution in [3.63, 3.8) is 0 Å². The van der Waals surface area contributed by atoms with Crippen LogP contribution in [0.2, 0.25) is 0 Å². The third-order valence-electron chi connectivity index (χ3n) is 6.22. The maximum Gasteiger partial charge on any atom is 0.268 e. The highest BCUT2D eigenvalue weighted by Gasteiger charge is 2.59. The average Bonchev–Trinajstić information content (AvgIpc) is 3.33. The monoisotopic (exact) mass is 464 g/mol. The molecule has 0 radical (unpaired) electrons. The van der Waals surface area contributed by atoms with Crippen LogP contribution in [0.4, 0.5) is 14.5 Å². The number of halogens is 2. The zero-order chi connectivity index (χ0) is 23.3. The first-order chi connectivity index (χ1) is 15.8. The molecule has 0 bridgehead atoms. The molecule has 0 N–H and O–H groups in total. The largest absolute Gasteiger partial charge is 0.311 e. The van der Waals surface area contributed by atoms with E-state index >= 15 is 0 Å². The lowest BCUT2D eigenvalue weighted by molar-refractivity contribution is -0.123. The molecule has 4 nitrogen and oxygen atoms in total. The number of carbonyl (C=O) groups excluding carboxylic acids is 2. The van der Waals surface area contributed by atoms with E-state index in [1.165, 1.54) is 17.8 Å². The van der Waals surface area contributed by atoms with Gasteiger partial charge >= 0.3 is 0 Å². The molecule has 5 rings (SSSR count). The summed E-state index contributed by atoms with van der Waals surface area (Å²) < 4.78 is 27.3. The van der Waals surface area contributed by atoms with Crippen LogP contribution in [0.5, 0.6) is 0 Å². The highest BCUT2D eigenvalue weighted by atomic mass is 32.2. The molecular formula is C26H22F2N2O2S. The Kier molecular flexibility index (Phi) is 5.24. The average molecular weight is 465 g/mol. The van der Waals surface area contributed by atoms with Crippen molar-refractivity contribution in [1.82, 2.24) is 4.90 Å². The Morgan fingerprint density at radius 1 is 0.970 bits per heavy atom. The van der Waals surface area contributed by atoms with E-state index in [9.17, 15) is 18.4 Å². The summed E-state index contributed by atoms with van der Waals surface area (Å²) in [5.74, 6) is -1.70. The fraction of sp³-hybridized carbons (Fsp3) is 0.231. The number of rotatable bonds is 3. The van der Waals surface area contributed by atoms with E-state index in [-0.39, 0.29) is 18.4 Å². The van der Waals surface area contributed by atoms with Crippen LogP contribution in [-0.2, 0) is 16.2 Å². The van der Waals surface area contributed by atoms with Gasteiger partial charge in [-0.15, -0.1) is 11.8 Å². The minimum atomic E-state index is -1.18. The summed E-state index contributed by atoms with van der Waals surface area (Å²) in [6.45, 7) is 4.43. The van der Waals surface area contributed by atoms with Crippen molar-refractivity contribution < 1.29 is 18.4 Å². The molecule has 1 atom stereocenters. The van der Waals surface area contributed by atoms with E-state index < -0.39 is 16.5 Å². The Hall–Kier alpha value is -3.19. The quantitative estimate of drug-likeness (QED) is 0.537. The lowest BCUT2D eigenvalue weighted by atomic mass is 10.0. The molecule has 168 valence electrons. The second kappa shape index (κ2) is 7.99. The van der Waals surface area contributed by atoms with Gasteiger partial charge in [0.25, 0.3) is 11.8 Å². The zero-order valence-corrected chi connectivity index (χ0v) is 19.1. The smallest absolute Gasteiger partial charge is 0.268 e. The lowest BCUT2D eigenvalue weighted by Crippen LogP contribution is -2.50. The number of nitrogens with zero attached hydrogens (tertiary/aromatic N) is 2. The van der Waals surface area contributed by atoms with Crippen molar-refractivity contribution in [3.05, 3.63) is 100 Å². The Balaban J connectivity index is 1.59. The van der Waals surface area contributed by atoms with Gasteiger partial charge in [0.05, 0.1) is 12.2 Å². The molecular weight excluding hydrogens is 442 g/mol. The van der Waals surface area contributed by atoms with E-state index in [0.29, 0.717) is 29.1 Å². The molecule has 0 saturated carbocycles. The number of thioether (sulfide) groups is 1. The molecule has 2 amide bonds. The number of aryl methyl sites for hydroxylation is 2. The molecule has 1 spiro atoms. The summed E-state index contributed by atoms with van der Waals surface area (Å²) in [4.78, 5) is 29.6. The fourth-order valence-corrected chi connectivity index (χ4v) is 6.01. The minimum absolute atomic E-state index is 0.0843. The minimum Gasteiger partial charge on any atom is -0.311 e. The second-order valence-corrected chi connectivity index (χ2v) is 9.76. The molecule has 2 heterocycles. The normalized spacial score (nSPS) is 19.5. The van der Waals surface area contributed by atoms with Crippen molar-refractivity contribution in [1.29, 1.82) is 0 Å². The van der Waals surface area contributed by atoms with E-state index in [1.54, 1.807) is 21.9 Å². The molecule has 3 aromatic carbocycles. The molecule has 2 aliphatic rings. The molecule has 0 unspecified atom stereocenters. The number of carbonyl (C=O) groups is 2. The Labute approximate surface area is 195 Å². The van der Waals surface area contributed by atoms with Crippen molar-refractivity contribution in [3.8, 4) is 0 Å². The molecule has 2 aliphatic heterocycles. The third-order valence-corrected chi connectivity index (χ3v) is 7.64. The first-order valence-corrected chi connectivity index (χ1v) is 11.7. The van der Waals surface area contributed by atoms with E-state index in [4.69, 9.17) is 0 Å².